The molecule has 6 heteroatoms. The molecule has 0 amide bonds. The Hall–Kier alpha value is -1.46. The third kappa shape index (κ3) is 0.906. The Morgan fingerprint density at radius 1 is 1.71 bits per heavy atom. The van der Waals surface area contributed by atoms with Gasteiger partial charge in [0.15, 0.2) is 5.41 Å². The maximum Gasteiger partial charge on any atom is 0.322 e. The quantitative estimate of drug-likeness (QED) is 0.771. The van der Waals surface area contributed by atoms with Gasteiger partial charge in [0.25, 0.3) is 5.92 Å². The maximum atomic E-state index is 13.0. The van der Waals surface area contributed by atoms with Gasteiger partial charge in [-0.25, -0.2) is 13.8 Å². The maximum absolute atomic E-state index is 13.0. The average Bonchev–Trinajstić information content (AvgIpc) is 2.44. The minimum atomic E-state index is -3.17. The molecular weight excluding hydrogens is 194 g/mol. The number of alkyl halides is 2. The fraction of sp³-hybridized carbons (Fsp3) is 0.500. The summed E-state index contributed by atoms with van der Waals surface area (Å²) in [5, 5.41) is 8.77. The van der Waals surface area contributed by atoms with Crippen molar-refractivity contribution in [3.8, 4) is 0 Å². The molecule has 4 nitrogen and oxygen atoms in total. The lowest BCUT2D eigenvalue weighted by Gasteiger charge is -2.06. The Morgan fingerprint density at radius 3 is 2.57 bits per heavy atom. The number of aryl methyl sites for hydroxylation is 1. The highest BCUT2D eigenvalue weighted by molar-refractivity contribution is 5.87. The first-order valence-electron chi connectivity index (χ1n) is 4.00. The van der Waals surface area contributed by atoms with Gasteiger partial charge in [0.1, 0.15) is 0 Å². The molecule has 1 heterocycles. The van der Waals surface area contributed by atoms with Crippen molar-refractivity contribution in [2.75, 3.05) is 0 Å². The van der Waals surface area contributed by atoms with Crippen molar-refractivity contribution >= 4 is 5.97 Å². The highest BCUT2D eigenvalue weighted by Crippen LogP contribution is 2.61. The summed E-state index contributed by atoms with van der Waals surface area (Å²) < 4.78 is 27.4. The van der Waals surface area contributed by atoms with Crippen LogP contribution in [0.3, 0.4) is 0 Å². The molecule has 1 aromatic heterocycles. The molecule has 0 radical (unpaired) electrons. The lowest BCUT2D eigenvalue weighted by Crippen LogP contribution is -2.27. The molecule has 1 unspecified atom stereocenters. The number of hydrogen-bond acceptors (Lipinski definition) is 2. The number of nitrogens with zero attached hydrogens (tertiary/aromatic N) is 2. The second kappa shape index (κ2) is 2.31. The smallest absolute Gasteiger partial charge is 0.322 e. The third-order valence-corrected chi connectivity index (χ3v) is 2.49. The molecule has 0 saturated heterocycles. The number of carbonyl (C=O) groups is 1. The zero-order valence-corrected chi connectivity index (χ0v) is 7.37. The zero-order chi connectivity index (χ0) is 10.6. The summed E-state index contributed by atoms with van der Waals surface area (Å²) in [5.41, 5.74) is -2.16. The normalized spacial score (nSPS) is 28.8. The van der Waals surface area contributed by atoms with Gasteiger partial charge in [-0.3, -0.25) is 4.79 Å². The summed E-state index contributed by atoms with van der Waals surface area (Å²) in [7, 11) is 1.60. The van der Waals surface area contributed by atoms with Gasteiger partial charge < -0.3 is 9.67 Å². The van der Waals surface area contributed by atoms with Crippen LogP contribution in [0.15, 0.2) is 12.5 Å². The largest absolute Gasteiger partial charge is 0.480 e. The molecule has 76 valence electrons. The van der Waals surface area contributed by atoms with Crippen LogP contribution in [-0.2, 0) is 17.3 Å². The van der Waals surface area contributed by atoms with Crippen molar-refractivity contribution in [1.82, 2.24) is 9.55 Å². The Bertz CT molecular complexity index is 402. The molecular formula is C8H8F2N2O2. The Kier molecular flexibility index (Phi) is 1.51. The van der Waals surface area contributed by atoms with Gasteiger partial charge in [-0.05, 0) is 0 Å². The van der Waals surface area contributed by atoms with Crippen molar-refractivity contribution in [3.63, 3.8) is 0 Å². The SMILES string of the molecule is Cn1cnc(C2(C(=O)O)CC2(F)F)c1. The molecule has 0 aromatic carbocycles. The van der Waals surface area contributed by atoms with E-state index in [1.165, 1.54) is 17.1 Å². The topological polar surface area (TPSA) is 55.1 Å². The van der Waals surface area contributed by atoms with Crippen LogP contribution in [0.5, 0.6) is 0 Å². The van der Waals surface area contributed by atoms with Crippen molar-refractivity contribution in [3.05, 3.63) is 18.2 Å². The summed E-state index contributed by atoms with van der Waals surface area (Å²) >= 11 is 0. The lowest BCUT2D eigenvalue weighted by atomic mass is 10.0. The molecule has 1 saturated carbocycles. The first kappa shape index (κ1) is 9.11. The summed E-state index contributed by atoms with van der Waals surface area (Å²) in [4.78, 5) is 14.4. The second-order valence-corrected chi connectivity index (χ2v) is 3.52. The number of aromatic nitrogens is 2. The first-order valence-corrected chi connectivity index (χ1v) is 4.00. The van der Waals surface area contributed by atoms with E-state index < -0.39 is 23.7 Å². The number of halogens is 2. The van der Waals surface area contributed by atoms with E-state index in [9.17, 15) is 13.6 Å². The Labute approximate surface area is 78.2 Å². The van der Waals surface area contributed by atoms with Crippen molar-refractivity contribution in [2.45, 2.75) is 17.8 Å². The van der Waals surface area contributed by atoms with Crippen LogP contribution in [-0.4, -0.2) is 26.5 Å². The van der Waals surface area contributed by atoms with Crippen LogP contribution in [0.2, 0.25) is 0 Å². The third-order valence-electron chi connectivity index (χ3n) is 2.49. The van der Waals surface area contributed by atoms with E-state index in [1.54, 1.807) is 7.05 Å². The summed E-state index contributed by atoms with van der Waals surface area (Å²) in [6, 6.07) is 0. The first-order chi connectivity index (χ1) is 6.40. The molecule has 1 fully saturated rings. The van der Waals surface area contributed by atoms with Crippen LogP contribution >= 0.6 is 0 Å². The number of carboxylic acid groups (broad SMARTS) is 1. The van der Waals surface area contributed by atoms with E-state index in [0.717, 1.165) is 0 Å². The Morgan fingerprint density at radius 2 is 2.29 bits per heavy atom. The summed E-state index contributed by atoms with van der Waals surface area (Å²) in [6.45, 7) is 0. The number of rotatable bonds is 2. The van der Waals surface area contributed by atoms with Gasteiger partial charge >= 0.3 is 5.97 Å². The molecule has 1 aromatic rings. The van der Waals surface area contributed by atoms with E-state index in [1.807, 2.05) is 0 Å². The van der Waals surface area contributed by atoms with Crippen LogP contribution in [0, 0.1) is 0 Å². The van der Waals surface area contributed by atoms with Crippen LogP contribution in [0.25, 0.3) is 0 Å². The molecule has 1 aliphatic rings. The molecule has 2 rings (SSSR count). The van der Waals surface area contributed by atoms with Gasteiger partial charge in [0.05, 0.1) is 12.0 Å². The molecule has 0 aliphatic heterocycles. The van der Waals surface area contributed by atoms with Gasteiger partial charge in [-0.1, -0.05) is 0 Å². The van der Waals surface area contributed by atoms with E-state index in [0.29, 0.717) is 0 Å². The van der Waals surface area contributed by atoms with E-state index in [2.05, 4.69) is 4.98 Å². The van der Waals surface area contributed by atoms with E-state index >= 15 is 0 Å². The fourth-order valence-corrected chi connectivity index (χ4v) is 1.54. The molecule has 1 atom stereocenters. The number of imidazole rings is 1. The van der Waals surface area contributed by atoms with E-state index in [-0.39, 0.29) is 5.69 Å². The fourth-order valence-electron chi connectivity index (χ4n) is 1.54. The average molecular weight is 202 g/mol. The summed E-state index contributed by atoms with van der Waals surface area (Å²) in [6.07, 6.45) is 1.97. The second-order valence-electron chi connectivity index (χ2n) is 3.52. The molecule has 0 bridgehead atoms. The summed E-state index contributed by atoms with van der Waals surface area (Å²) in [5.74, 6) is -4.69. The van der Waals surface area contributed by atoms with Gasteiger partial charge in [-0.15, -0.1) is 0 Å². The number of hydrogen-bond donors (Lipinski definition) is 1. The predicted octanol–water partition coefficient (Wildman–Crippen LogP) is 0.781. The molecule has 14 heavy (non-hydrogen) atoms. The van der Waals surface area contributed by atoms with Crippen molar-refractivity contribution in [1.29, 1.82) is 0 Å². The molecule has 1 aliphatic carbocycles. The van der Waals surface area contributed by atoms with Crippen molar-refractivity contribution in [2.24, 2.45) is 7.05 Å². The minimum absolute atomic E-state index is 0.0718. The van der Waals surface area contributed by atoms with Crippen LogP contribution < -0.4 is 0 Å². The van der Waals surface area contributed by atoms with Crippen molar-refractivity contribution < 1.29 is 18.7 Å². The monoisotopic (exact) mass is 202 g/mol. The van der Waals surface area contributed by atoms with Crippen LogP contribution in [0.1, 0.15) is 12.1 Å². The Balaban J connectivity index is 2.46. The minimum Gasteiger partial charge on any atom is -0.480 e. The predicted molar refractivity (Wildman–Crippen MR) is 42.1 cm³/mol. The molecule has 0 spiro atoms. The lowest BCUT2D eigenvalue weighted by molar-refractivity contribution is -0.143. The van der Waals surface area contributed by atoms with E-state index in [4.69, 9.17) is 5.11 Å². The highest BCUT2D eigenvalue weighted by Gasteiger charge is 2.78. The number of aliphatic carboxylic acids is 1. The van der Waals surface area contributed by atoms with Gasteiger partial charge in [0.2, 0.25) is 0 Å². The number of carboxylic acids is 1. The zero-order valence-electron chi connectivity index (χ0n) is 7.37. The van der Waals surface area contributed by atoms with Crippen LogP contribution in [0.4, 0.5) is 8.78 Å². The molecule has 1 N–H and O–H groups in total. The standard InChI is InChI=1S/C8H8F2N2O2/c1-12-2-5(11-4-12)7(6(13)14)3-8(7,9)10/h2,4H,3H2,1H3,(H,13,14). The van der Waals surface area contributed by atoms with Gasteiger partial charge in [-0.2, -0.15) is 0 Å². The highest BCUT2D eigenvalue weighted by atomic mass is 19.3. The van der Waals surface area contributed by atoms with Gasteiger partial charge in [0, 0.05) is 19.7 Å².